The van der Waals surface area contributed by atoms with Gasteiger partial charge in [0.05, 0.1) is 15.1 Å². The van der Waals surface area contributed by atoms with Gasteiger partial charge in [-0.15, -0.1) is 0 Å². The van der Waals surface area contributed by atoms with Gasteiger partial charge in [0, 0.05) is 11.1 Å². The standard InChI is InChI=1S/C12H6Cl3F3N2/c13-6-2-3-7(14)10(15)9(6)5-1-4-8(19)20-11(5)12(16,17)18/h1-4H,(H2,19,20). The van der Waals surface area contributed by atoms with E-state index in [9.17, 15) is 13.2 Å². The fourth-order valence-corrected chi connectivity index (χ4v) is 2.40. The molecule has 106 valence electrons. The van der Waals surface area contributed by atoms with Gasteiger partial charge in [-0.1, -0.05) is 34.8 Å². The number of anilines is 1. The number of halogens is 6. The molecule has 2 rings (SSSR count). The molecule has 2 nitrogen and oxygen atoms in total. The average Bonchev–Trinajstić information content (AvgIpc) is 2.35. The molecule has 0 fully saturated rings. The first kappa shape index (κ1) is 15.2. The maximum atomic E-state index is 13.0. The van der Waals surface area contributed by atoms with Gasteiger partial charge in [-0.3, -0.25) is 0 Å². The Morgan fingerprint density at radius 1 is 0.950 bits per heavy atom. The number of nitrogens with zero attached hydrogens (tertiary/aromatic N) is 1. The lowest BCUT2D eigenvalue weighted by Crippen LogP contribution is -2.11. The highest BCUT2D eigenvalue weighted by Crippen LogP contribution is 2.44. The second-order valence-electron chi connectivity index (χ2n) is 3.85. The summed E-state index contributed by atoms with van der Waals surface area (Å²) in [6.07, 6.45) is -4.69. The maximum Gasteiger partial charge on any atom is 0.434 e. The van der Waals surface area contributed by atoms with Gasteiger partial charge in [0.1, 0.15) is 5.82 Å². The van der Waals surface area contributed by atoms with Gasteiger partial charge < -0.3 is 5.73 Å². The van der Waals surface area contributed by atoms with Crippen LogP contribution in [0.25, 0.3) is 11.1 Å². The van der Waals surface area contributed by atoms with E-state index in [0.29, 0.717) is 0 Å². The molecule has 20 heavy (non-hydrogen) atoms. The predicted molar refractivity (Wildman–Crippen MR) is 74.1 cm³/mol. The largest absolute Gasteiger partial charge is 0.434 e. The van der Waals surface area contributed by atoms with E-state index in [1.54, 1.807) is 0 Å². The lowest BCUT2D eigenvalue weighted by atomic mass is 10.0. The zero-order valence-electron chi connectivity index (χ0n) is 9.60. The summed E-state index contributed by atoms with van der Waals surface area (Å²) in [4.78, 5) is 3.33. The second kappa shape index (κ2) is 5.31. The molecule has 0 amide bonds. The highest BCUT2D eigenvalue weighted by Gasteiger charge is 2.37. The predicted octanol–water partition coefficient (Wildman–Crippen LogP) is 5.31. The molecule has 0 aliphatic heterocycles. The van der Waals surface area contributed by atoms with E-state index in [1.807, 2.05) is 0 Å². The summed E-state index contributed by atoms with van der Waals surface area (Å²) < 4.78 is 39.1. The lowest BCUT2D eigenvalue weighted by Gasteiger charge is -2.15. The minimum absolute atomic E-state index is 0.0272. The molecule has 0 atom stereocenters. The van der Waals surface area contributed by atoms with Crippen molar-refractivity contribution in [3.8, 4) is 11.1 Å². The molecule has 1 heterocycles. The van der Waals surface area contributed by atoms with Crippen LogP contribution in [0.4, 0.5) is 19.0 Å². The van der Waals surface area contributed by atoms with E-state index in [-0.39, 0.29) is 32.0 Å². The van der Waals surface area contributed by atoms with E-state index in [2.05, 4.69) is 4.98 Å². The van der Waals surface area contributed by atoms with E-state index < -0.39 is 11.9 Å². The minimum atomic E-state index is -4.69. The summed E-state index contributed by atoms with van der Waals surface area (Å²) in [6.45, 7) is 0. The number of alkyl halides is 3. The van der Waals surface area contributed by atoms with E-state index in [4.69, 9.17) is 40.5 Å². The van der Waals surface area contributed by atoms with Gasteiger partial charge >= 0.3 is 6.18 Å². The van der Waals surface area contributed by atoms with Crippen molar-refractivity contribution < 1.29 is 13.2 Å². The highest BCUT2D eigenvalue weighted by atomic mass is 35.5. The zero-order valence-corrected chi connectivity index (χ0v) is 11.9. The Morgan fingerprint density at radius 2 is 1.55 bits per heavy atom. The summed E-state index contributed by atoms with van der Waals surface area (Å²) in [5.74, 6) is -0.254. The monoisotopic (exact) mass is 340 g/mol. The molecule has 0 aliphatic rings. The van der Waals surface area contributed by atoms with Crippen molar-refractivity contribution in [1.82, 2.24) is 4.98 Å². The van der Waals surface area contributed by atoms with Crippen molar-refractivity contribution in [2.45, 2.75) is 6.18 Å². The SMILES string of the molecule is Nc1ccc(-c2c(Cl)ccc(Cl)c2Cl)c(C(F)(F)F)n1. The number of pyridine rings is 1. The maximum absolute atomic E-state index is 13.0. The van der Waals surface area contributed by atoms with Gasteiger partial charge in [0.15, 0.2) is 5.69 Å². The molecule has 8 heteroatoms. The third kappa shape index (κ3) is 2.80. The van der Waals surface area contributed by atoms with Gasteiger partial charge in [0.25, 0.3) is 0 Å². The normalized spacial score (nSPS) is 11.7. The smallest absolute Gasteiger partial charge is 0.384 e. The van der Waals surface area contributed by atoms with E-state index in [0.717, 1.165) is 6.07 Å². The number of hydrogen-bond acceptors (Lipinski definition) is 2. The number of rotatable bonds is 1. The molecule has 0 bridgehead atoms. The Hall–Kier alpha value is -1.17. The van der Waals surface area contributed by atoms with Crippen molar-refractivity contribution >= 4 is 40.6 Å². The van der Waals surface area contributed by atoms with Crippen molar-refractivity contribution in [3.05, 3.63) is 45.0 Å². The third-order valence-corrected chi connectivity index (χ3v) is 3.62. The molecule has 0 saturated heterocycles. The number of aromatic nitrogens is 1. The number of nitrogens with two attached hydrogens (primary N) is 1. The molecule has 0 radical (unpaired) electrons. The molecule has 1 aromatic carbocycles. The van der Waals surface area contributed by atoms with Crippen LogP contribution >= 0.6 is 34.8 Å². The van der Waals surface area contributed by atoms with Crippen LogP contribution in [0.2, 0.25) is 15.1 Å². The summed E-state index contributed by atoms with van der Waals surface area (Å²) in [5, 5.41) is 0.0590. The molecular formula is C12H6Cl3F3N2. The van der Waals surface area contributed by atoms with Crippen LogP contribution in [0.15, 0.2) is 24.3 Å². The highest BCUT2D eigenvalue weighted by molar-refractivity contribution is 6.46. The zero-order chi connectivity index (χ0) is 15.1. The Bertz CT molecular complexity index is 672. The van der Waals surface area contributed by atoms with Gasteiger partial charge in [0.2, 0.25) is 0 Å². The molecule has 0 aliphatic carbocycles. The van der Waals surface area contributed by atoms with Crippen molar-refractivity contribution in [2.75, 3.05) is 5.73 Å². The van der Waals surface area contributed by atoms with Crippen LogP contribution in [-0.4, -0.2) is 4.98 Å². The van der Waals surface area contributed by atoms with Crippen LogP contribution < -0.4 is 5.73 Å². The summed E-state index contributed by atoms with van der Waals surface area (Å²) in [7, 11) is 0. The Kier molecular flexibility index (Phi) is 4.04. The molecule has 0 unspecified atom stereocenters. The van der Waals surface area contributed by atoms with Crippen molar-refractivity contribution in [1.29, 1.82) is 0 Å². The molecule has 0 spiro atoms. The number of hydrogen-bond donors (Lipinski definition) is 1. The van der Waals surface area contributed by atoms with Gasteiger partial charge in [-0.25, -0.2) is 4.98 Å². The Labute approximate surface area is 127 Å². The van der Waals surface area contributed by atoms with Crippen LogP contribution in [-0.2, 0) is 6.18 Å². The van der Waals surface area contributed by atoms with E-state index in [1.165, 1.54) is 18.2 Å². The fraction of sp³-hybridized carbons (Fsp3) is 0.0833. The first-order valence-electron chi connectivity index (χ1n) is 5.19. The van der Waals surface area contributed by atoms with Crippen LogP contribution in [0.3, 0.4) is 0 Å². The topological polar surface area (TPSA) is 38.9 Å². The quantitative estimate of drug-likeness (QED) is 0.714. The fourth-order valence-electron chi connectivity index (χ4n) is 1.67. The molecule has 0 saturated carbocycles. The Morgan fingerprint density at radius 3 is 2.15 bits per heavy atom. The molecule has 2 N–H and O–H groups in total. The molecular weight excluding hydrogens is 335 g/mol. The number of nitrogen functional groups attached to an aromatic ring is 1. The van der Waals surface area contributed by atoms with Crippen LogP contribution in [0.1, 0.15) is 5.69 Å². The minimum Gasteiger partial charge on any atom is -0.384 e. The van der Waals surface area contributed by atoms with Crippen molar-refractivity contribution in [3.63, 3.8) is 0 Å². The average molecular weight is 342 g/mol. The third-order valence-electron chi connectivity index (χ3n) is 2.50. The molecule has 2 aromatic rings. The van der Waals surface area contributed by atoms with Gasteiger partial charge in [-0.2, -0.15) is 13.2 Å². The summed E-state index contributed by atoms with van der Waals surface area (Å²) in [6, 6.07) is 5.15. The first-order valence-corrected chi connectivity index (χ1v) is 6.33. The van der Waals surface area contributed by atoms with Crippen LogP contribution in [0, 0.1) is 0 Å². The number of benzene rings is 1. The van der Waals surface area contributed by atoms with Crippen molar-refractivity contribution in [2.24, 2.45) is 0 Å². The lowest BCUT2D eigenvalue weighted by molar-refractivity contribution is -0.140. The first-order chi connectivity index (χ1) is 9.21. The summed E-state index contributed by atoms with van der Waals surface area (Å²) >= 11 is 17.7. The van der Waals surface area contributed by atoms with Crippen LogP contribution in [0.5, 0.6) is 0 Å². The Balaban J connectivity index is 2.81. The molecule has 1 aromatic heterocycles. The van der Waals surface area contributed by atoms with E-state index >= 15 is 0 Å². The second-order valence-corrected chi connectivity index (χ2v) is 5.04. The van der Waals surface area contributed by atoms with Gasteiger partial charge in [-0.05, 0) is 24.3 Å². The summed E-state index contributed by atoms with van der Waals surface area (Å²) in [5.41, 5.74) is 3.84.